The molecule has 1 aromatic carbocycles. The summed E-state index contributed by atoms with van der Waals surface area (Å²) in [4.78, 5) is 29.1. The van der Waals surface area contributed by atoms with Crippen molar-refractivity contribution in [3.8, 4) is 22.1 Å². The molecule has 0 radical (unpaired) electrons. The molecule has 0 atom stereocenters. The van der Waals surface area contributed by atoms with Crippen LogP contribution in [0.1, 0.15) is 10.6 Å². The fourth-order valence-electron chi connectivity index (χ4n) is 2.46. The van der Waals surface area contributed by atoms with Crippen molar-refractivity contribution in [3.05, 3.63) is 60.7 Å². The van der Waals surface area contributed by atoms with Gasteiger partial charge in [0.1, 0.15) is 10.7 Å². The zero-order valence-corrected chi connectivity index (χ0v) is 15.4. The Bertz CT molecular complexity index is 1140. The third-order valence-corrected chi connectivity index (χ3v) is 5.14. The van der Waals surface area contributed by atoms with Gasteiger partial charge in [-0.05, 0) is 25.1 Å². The molecule has 0 aliphatic carbocycles. The summed E-state index contributed by atoms with van der Waals surface area (Å²) in [5.41, 5.74) is -3.26. The molecule has 0 unspecified atom stereocenters. The van der Waals surface area contributed by atoms with Crippen LogP contribution < -0.4 is 11.2 Å². The highest BCUT2D eigenvalue weighted by Crippen LogP contribution is 2.36. The lowest BCUT2D eigenvalue weighted by Crippen LogP contribution is -2.40. The van der Waals surface area contributed by atoms with E-state index in [0.29, 0.717) is 30.6 Å². The Morgan fingerprint density at radius 2 is 1.89 bits per heavy atom. The highest BCUT2D eigenvalue weighted by atomic mass is 35.5. The number of rotatable bonds is 2. The minimum Gasteiger partial charge on any atom is -0.492 e. The van der Waals surface area contributed by atoms with Gasteiger partial charge in [0.15, 0.2) is 0 Å². The van der Waals surface area contributed by atoms with Gasteiger partial charge in [-0.2, -0.15) is 13.2 Å². The number of halogens is 4. The molecule has 0 aliphatic heterocycles. The zero-order valence-electron chi connectivity index (χ0n) is 13.8. The highest BCUT2D eigenvalue weighted by molar-refractivity contribution is 7.15. The number of thiazole rings is 1. The van der Waals surface area contributed by atoms with Crippen LogP contribution in [-0.4, -0.2) is 19.2 Å². The molecular weight excluding hydrogens is 407 g/mol. The van der Waals surface area contributed by atoms with Crippen molar-refractivity contribution in [2.24, 2.45) is 7.05 Å². The van der Waals surface area contributed by atoms with Gasteiger partial charge in [-0.15, -0.1) is 11.3 Å². The second kappa shape index (κ2) is 6.54. The molecule has 142 valence electrons. The molecule has 6 nitrogen and oxygen atoms in total. The van der Waals surface area contributed by atoms with E-state index < -0.39 is 23.1 Å². The van der Waals surface area contributed by atoms with Crippen LogP contribution in [0, 0.1) is 6.92 Å². The molecule has 0 fully saturated rings. The molecule has 2 aromatic heterocycles. The number of aromatic hydroxyl groups is 1. The minimum absolute atomic E-state index is 0.0288. The molecule has 0 saturated heterocycles. The molecular formula is C16H11ClF3N3O3S. The summed E-state index contributed by atoms with van der Waals surface area (Å²) >= 11 is 7.28. The van der Waals surface area contributed by atoms with Crippen molar-refractivity contribution in [3.63, 3.8) is 0 Å². The average Bonchev–Trinajstić information content (AvgIpc) is 2.90. The van der Waals surface area contributed by atoms with Crippen LogP contribution in [0.15, 0.2) is 33.9 Å². The lowest BCUT2D eigenvalue weighted by Gasteiger charge is -2.14. The summed E-state index contributed by atoms with van der Waals surface area (Å²) < 4.78 is 39.9. The predicted molar refractivity (Wildman–Crippen MR) is 94.8 cm³/mol. The van der Waals surface area contributed by atoms with Crippen molar-refractivity contribution in [1.82, 2.24) is 14.1 Å². The Morgan fingerprint density at radius 3 is 2.44 bits per heavy atom. The first-order valence-corrected chi connectivity index (χ1v) is 8.57. The van der Waals surface area contributed by atoms with Gasteiger partial charge in [-0.25, -0.2) is 14.3 Å². The van der Waals surface area contributed by atoms with Gasteiger partial charge in [0.05, 0.1) is 15.6 Å². The Balaban J connectivity index is 2.24. The maximum Gasteiger partial charge on any atom is 0.431 e. The van der Waals surface area contributed by atoms with E-state index in [1.54, 1.807) is 6.92 Å². The second-order valence-corrected chi connectivity index (χ2v) is 7.22. The van der Waals surface area contributed by atoms with Crippen molar-refractivity contribution < 1.29 is 18.3 Å². The molecule has 2 heterocycles. The number of nitrogens with zero attached hydrogens (tertiary/aromatic N) is 3. The summed E-state index contributed by atoms with van der Waals surface area (Å²) in [6, 6.07) is 4.44. The van der Waals surface area contributed by atoms with Crippen molar-refractivity contribution in [2.45, 2.75) is 13.1 Å². The van der Waals surface area contributed by atoms with Crippen LogP contribution in [0.25, 0.3) is 16.3 Å². The van der Waals surface area contributed by atoms with Crippen molar-refractivity contribution in [2.75, 3.05) is 0 Å². The summed E-state index contributed by atoms with van der Waals surface area (Å²) in [6.07, 6.45) is -4.84. The first-order chi connectivity index (χ1) is 12.5. The fraction of sp³-hybridized carbons (Fsp3) is 0.188. The average molecular weight is 418 g/mol. The van der Waals surface area contributed by atoms with Gasteiger partial charge in [0, 0.05) is 18.7 Å². The van der Waals surface area contributed by atoms with Crippen molar-refractivity contribution >= 4 is 22.9 Å². The normalized spacial score (nSPS) is 11.8. The van der Waals surface area contributed by atoms with Gasteiger partial charge in [-0.3, -0.25) is 9.36 Å². The van der Waals surface area contributed by atoms with E-state index >= 15 is 0 Å². The quantitative estimate of drug-likeness (QED) is 0.693. The van der Waals surface area contributed by atoms with E-state index in [2.05, 4.69) is 4.98 Å². The Labute approximate surface area is 158 Å². The summed E-state index contributed by atoms with van der Waals surface area (Å²) in [6.45, 7) is 1.64. The molecule has 1 N–H and O–H groups in total. The van der Waals surface area contributed by atoms with Crippen molar-refractivity contribution in [1.29, 1.82) is 0 Å². The fourth-order valence-corrected chi connectivity index (χ4v) is 3.56. The number of aromatic nitrogens is 3. The monoisotopic (exact) mass is 417 g/mol. The van der Waals surface area contributed by atoms with Crippen LogP contribution in [0.4, 0.5) is 13.2 Å². The Kier molecular flexibility index (Phi) is 4.64. The van der Waals surface area contributed by atoms with Gasteiger partial charge >= 0.3 is 11.9 Å². The molecule has 0 bridgehead atoms. The van der Waals surface area contributed by atoms with Gasteiger partial charge in [0.2, 0.25) is 5.88 Å². The number of hydrogen-bond acceptors (Lipinski definition) is 5. The topological polar surface area (TPSA) is 77.1 Å². The third-order valence-electron chi connectivity index (χ3n) is 3.82. The third kappa shape index (κ3) is 3.37. The molecule has 27 heavy (non-hydrogen) atoms. The summed E-state index contributed by atoms with van der Waals surface area (Å²) in [7, 11) is 0.931. The number of alkyl halides is 3. The van der Waals surface area contributed by atoms with Gasteiger partial charge < -0.3 is 5.11 Å². The molecule has 11 heteroatoms. The maximum absolute atomic E-state index is 13.0. The Morgan fingerprint density at radius 1 is 1.22 bits per heavy atom. The van der Waals surface area contributed by atoms with Crippen LogP contribution in [0.3, 0.4) is 0 Å². The predicted octanol–water partition coefficient (Wildman–Crippen LogP) is 3.35. The molecule has 3 aromatic rings. The van der Waals surface area contributed by atoms with E-state index in [1.807, 2.05) is 0 Å². The standard InChI is InChI=1S/C16H11ClF3N3O3S/c1-7-13(25)21-14(27-7)9-5-8(3-4-10(9)17)23-12(24)6-11(16(18,19)20)22(2)15(23)26/h3-6,25H,1-2H3. The molecule has 0 amide bonds. The van der Waals surface area contributed by atoms with Gasteiger partial charge in [0.25, 0.3) is 5.56 Å². The smallest absolute Gasteiger partial charge is 0.431 e. The van der Waals surface area contributed by atoms with Crippen LogP contribution in [0.5, 0.6) is 5.88 Å². The first-order valence-electron chi connectivity index (χ1n) is 7.37. The first kappa shape index (κ1) is 19.2. The molecule has 0 spiro atoms. The van der Waals surface area contributed by atoms with E-state index in [4.69, 9.17) is 11.6 Å². The number of benzene rings is 1. The highest BCUT2D eigenvalue weighted by Gasteiger charge is 2.35. The lowest BCUT2D eigenvalue weighted by atomic mass is 10.2. The molecule has 0 saturated carbocycles. The van der Waals surface area contributed by atoms with E-state index in [-0.39, 0.29) is 16.6 Å². The van der Waals surface area contributed by atoms with E-state index in [9.17, 15) is 27.9 Å². The molecule has 3 rings (SSSR count). The van der Waals surface area contributed by atoms with E-state index in [1.165, 1.54) is 18.2 Å². The van der Waals surface area contributed by atoms with Crippen LogP contribution in [0.2, 0.25) is 5.02 Å². The zero-order chi connectivity index (χ0) is 20.1. The minimum atomic E-state index is -4.84. The lowest BCUT2D eigenvalue weighted by molar-refractivity contribution is -0.144. The van der Waals surface area contributed by atoms with Crippen LogP contribution >= 0.6 is 22.9 Å². The van der Waals surface area contributed by atoms with Crippen LogP contribution in [-0.2, 0) is 13.2 Å². The largest absolute Gasteiger partial charge is 0.492 e. The maximum atomic E-state index is 13.0. The number of aryl methyl sites for hydroxylation is 1. The second-order valence-electron chi connectivity index (χ2n) is 5.61. The molecule has 0 aliphatic rings. The number of hydrogen-bond donors (Lipinski definition) is 1. The Hall–Kier alpha value is -2.59. The summed E-state index contributed by atoms with van der Waals surface area (Å²) in [5.74, 6) is -0.181. The van der Waals surface area contributed by atoms with Gasteiger partial charge in [-0.1, -0.05) is 11.6 Å². The van der Waals surface area contributed by atoms with E-state index in [0.717, 1.165) is 18.4 Å². The summed E-state index contributed by atoms with van der Waals surface area (Å²) in [5, 5.41) is 10.2. The SMILES string of the molecule is Cc1sc(-c2cc(-n3c(=O)cc(C(F)(F)F)n(C)c3=O)ccc2Cl)nc1O.